The highest BCUT2D eigenvalue weighted by Crippen LogP contribution is 2.43. The molecule has 0 radical (unpaired) electrons. The molecule has 0 spiro atoms. The maximum absolute atomic E-state index is 12.8. The first-order valence-corrected chi connectivity index (χ1v) is 12.0. The number of hydrogen-bond acceptors (Lipinski definition) is 5. The van der Waals surface area contributed by atoms with E-state index >= 15 is 0 Å². The van der Waals surface area contributed by atoms with Gasteiger partial charge in [0.1, 0.15) is 11.3 Å². The smallest absolute Gasteiger partial charge is 0.338 e. The summed E-state index contributed by atoms with van der Waals surface area (Å²) in [5.41, 5.74) is 5.92. The summed E-state index contributed by atoms with van der Waals surface area (Å²) >= 11 is 3.70. The average molecular weight is 507 g/mol. The molecule has 2 aromatic rings. The minimum absolute atomic E-state index is 0.317. The molecule has 33 heavy (non-hydrogen) atoms. The zero-order valence-electron chi connectivity index (χ0n) is 19.3. The summed E-state index contributed by atoms with van der Waals surface area (Å²) in [4.78, 5) is 17.5. The van der Waals surface area contributed by atoms with Crippen molar-refractivity contribution in [3.63, 3.8) is 0 Å². The number of carbonyl (C=O) groups excluding carboxylic acids is 1. The Bertz CT molecular complexity index is 1370. The quantitative estimate of drug-likeness (QED) is 0.230. The van der Waals surface area contributed by atoms with E-state index in [1.165, 1.54) is 0 Å². The van der Waals surface area contributed by atoms with E-state index in [-0.39, 0.29) is 5.97 Å². The number of hydrogen-bond donors (Lipinski definition) is 1. The van der Waals surface area contributed by atoms with Crippen molar-refractivity contribution in [1.29, 1.82) is 0 Å². The summed E-state index contributed by atoms with van der Waals surface area (Å²) in [7, 11) is 0. The Balaban J connectivity index is 2.15. The third kappa shape index (κ3) is 4.40. The van der Waals surface area contributed by atoms with Gasteiger partial charge in [0, 0.05) is 46.2 Å². The number of nitrogens with zero attached hydrogens (tertiary/aromatic N) is 1. The zero-order valence-corrected chi connectivity index (χ0v) is 20.9. The molecule has 0 fully saturated rings. The molecule has 1 aliphatic heterocycles. The molecule has 2 aliphatic rings. The average Bonchev–Trinajstić information content (AvgIpc) is 2.80. The highest BCUT2D eigenvalue weighted by Gasteiger charge is 2.23. The van der Waals surface area contributed by atoms with Crippen molar-refractivity contribution in [3.05, 3.63) is 69.5 Å². The predicted octanol–water partition coefficient (Wildman–Crippen LogP) is 6.80. The van der Waals surface area contributed by atoms with E-state index in [4.69, 9.17) is 9.15 Å². The largest absolute Gasteiger partial charge is 0.462 e. The van der Waals surface area contributed by atoms with Crippen molar-refractivity contribution in [1.82, 2.24) is 0 Å². The molecule has 1 heterocycles. The molecule has 0 saturated heterocycles. The van der Waals surface area contributed by atoms with Crippen LogP contribution in [-0.2, 0) is 4.74 Å². The summed E-state index contributed by atoms with van der Waals surface area (Å²) in [5, 5.41) is 5.18. The second kappa shape index (κ2) is 9.79. The van der Waals surface area contributed by atoms with Gasteiger partial charge in [0.2, 0.25) is 0 Å². The minimum atomic E-state index is -0.340. The van der Waals surface area contributed by atoms with Crippen LogP contribution in [0.1, 0.15) is 36.7 Å². The van der Waals surface area contributed by atoms with Crippen LogP contribution in [0.15, 0.2) is 62.4 Å². The molecular formula is C27H27BrN2O3. The molecular weight excluding hydrogens is 480 g/mol. The fourth-order valence-corrected chi connectivity index (χ4v) is 4.58. The number of esters is 1. The van der Waals surface area contributed by atoms with Gasteiger partial charge in [-0.1, -0.05) is 18.2 Å². The first kappa shape index (κ1) is 23.1. The number of nitrogens with one attached hydrogen (secondary N) is 1. The molecule has 0 amide bonds. The van der Waals surface area contributed by atoms with Gasteiger partial charge in [0.25, 0.3) is 0 Å². The van der Waals surface area contributed by atoms with E-state index in [1.54, 1.807) is 0 Å². The standard InChI is InChI=1S/C27H27BrN2O3/c1-5-29-22-14-24-19(12-16(22)4)26(17-10-8-9-11-18(17)27(31)32-7-3)20-13-21(28)23(30-6-2)15-25(20)33-24/h8-15,30H,5-7H2,1-4H3. The van der Waals surface area contributed by atoms with Gasteiger partial charge in [0.05, 0.1) is 23.2 Å². The first-order chi connectivity index (χ1) is 16.0. The van der Waals surface area contributed by atoms with Gasteiger partial charge in [-0.3, -0.25) is 4.99 Å². The molecule has 0 unspecified atom stereocenters. The summed E-state index contributed by atoms with van der Waals surface area (Å²) in [6.45, 7) is 9.72. The molecule has 2 aromatic carbocycles. The zero-order chi connectivity index (χ0) is 23.5. The number of anilines is 1. The lowest BCUT2D eigenvalue weighted by Crippen LogP contribution is -2.10. The van der Waals surface area contributed by atoms with Crippen molar-refractivity contribution < 1.29 is 13.9 Å². The second-order valence-electron chi connectivity index (χ2n) is 7.71. The summed E-state index contributed by atoms with van der Waals surface area (Å²) in [5.74, 6) is 0.381. The van der Waals surface area contributed by atoms with Crippen LogP contribution >= 0.6 is 15.9 Å². The Morgan fingerprint density at radius 1 is 1.09 bits per heavy atom. The molecule has 1 N–H and O–H groups in total. The number of fused-ring (bicyclic) bond motifs is 2. The fourth-order valence-electron chi connectivity index (χ4n) is 4.10. The van der Waals surface area contributed by atoms with Gasteiger partial charge in [-0.25, -0.2) is 4.79 Å². The van der Waals surface area contributed by atoms with Gasteiger partial charge in [-0.15, -0.1) is 0 Å². The van der Waals surface area contributed by atoms with Gasteiger partial charge >= 0.3 is 5.97 Å². The first-order valence-electron chi connectivity index (χ1n) is 11.2. The molecule has 5 nitrogen and oxygen atoms in total. The number of rotatable bonds is 6. The topological polar surface area (TPSA) is 63.8 Å². The van der Waals surface area contributed by atoms with Crippen LogP contribution in [0.4, 0.5) is 5.69 Å². The van der Waals surface area contributed by atoms with E-state index in [2.05, 4.69) is 39.2 Å². The van der Waals surface area contributed by atoms with Crippen molar-refractivity contribution in [2.24, 2.45) is 4.99 Å². The molecule has 0 bridgehead atoms. The van der Waals surface area contributed by atoms with Crippen molar-refractivity contribution >= 4 is 38.6 Å². The van der Waals surface area contributed by atoms with E-state index in [9.17, 15) is 4.79 Å². The van der Waals surface area contributed by atoms with Gasteiger partial charge in [0.15, 0.2) is 0 Å². The van der Waals surface area contributed by atoms with Crippen LogP contribution in [0.5, 0.6) is 0 Å². The highest BCUT2D eigenvalue weighted by molar-refractivity contribution is 9.10. The van der Waals surface area contributed by atoms with Gasteiger partial charge in [-0.05, 0) is 73.0 Å². The lowest BCUT2D eigenvalue weighted by molar-refractivity contribution is 0.0527. The third-order valence-corrected chi connectivity index (χ3v) is 6.17. The molecule has 0 aromatic heterocycles. The van der Waals surface area contributed by atoms with E-state index in [1.807, 2.05) is 63.2 Å². The minimum Gasteiger partial charge on any atom is -0.462 e. The van der Waals surface area contributed by atoms with Crippen LogP contribution < -0.4 is 10.7 Å². The Morgan fingerprint density at radius 3 is 2.61 bits per heavy atom. The van der Waals surface area contributed by atoms with Gasteiger partial charge < -0.3 is 14.5 Å². The predicted molar refractivity (Wildman–Crippen MR) is 137 cm³/mol. The fraction of sp³-hybridized carbons (Fsp3) is 0.259. The summed E-state index contributed by atoms with van der Waals surface area (Å²) < 4.78 is 12.7. The van der Waals surface area contributed by atoms with Crippen molar-refractivity contribution in [3.8, 4) is 22.5 Å². The lowest BCUT2D eigenvalue weighted by atomic mass is 9.90. The second-order valence-corrected chi connectivity index (χ2v) is 8.57. The number of benzene rings is 3. The van der Waals surface area contributed by atoms with Gasteiger partial charge in [-0.2, -0.15) is 0 Å². The molecule has 1 aliphatic carbocycles. The summed E-state index contributed by atoms with van der Waals surface area (Å²) in [6, 6.07) is 15.7. The van der Waals surface area contributed by atoms with Crippen molar-refractivity contribution in [2.75, 3.05) is 25.0 Å². The van der Waals surface area contributed by atoms with Crippen LogP contribution in [0.25, 0.3) is 33.4 Å². The maximum Gasteiger partial charge on any atom is 0.338 e. The van der Waals surface area contributed by atoms with E-state index in [0.717, 1.165) is 61.0 Å². The molecule has 170 valence electrons. The Hall–Kier alpha value is -3.12. The van der Waals surface area contributed by atoms with E-state index in [0.29, 0.717) is 18.7 Å². The third-order valence-electron chi connectivity index (χ3n) is 5.51. The number of carbonyl (C=O) groups is 1. The SMILES string of the molecule is CCN=c1cc2oc3cc(NCC)c(Br)cc3c(-c3ccccc3C(=O)OCC)c-2cc1C. The van der Waals surface area contributed by atoms with E-state index < -0.39 is 0 Å². The van der Waals surface area contributed by atoms with Crippen LogP contribution in [0.2, 0.25) is 0 Å². The van der Waals surface area contributed by atoms with Crippen LogP contribution in [0.3, 0.4) is 0 Å². The molecule has 4 rings (SSSR count). The lowest BCUT2D eigenvalue weighted by Gasteiger charge is -2.19. The molecule has 0 saturated carbocycles. The van der Waals surface area contributed by atoms with Crippen molar-refractivity contribution in [2.45, 2.75) is 27.7 Å². The van der Waals surface area contributed by atoms with Crippen LogP contribution in [0, 0.1) is 6.92 Å². The van der Waals surface area contributed by atoms with Crippen LogP contribution in [-0.4, -0.2) is 25.7 Å². The Labute approximate surface area is 202 Å². The number of aryl methyl sites for hydroxylation is 1. The number of halogens is 1. The maximum atomic E-state index is 12.8. The summed E-state index contributed by atoms with van der Waals surface area (Å²) in [6.07, 6.45) is 0. The Kier molecular flexibility index (Phi) is 6.84. The number of ether oxygens (including phenoxy) is 1. The normalized spacial score (nSPS) is 11.8. The Morgan fingerprint density at radius 2 is 1.88 bits per heavy atom. The monoisotopic (exact) mass is 506 g/mol. The molecule has 6 heteroatoms. The molecule has 0 atom stereocenters. The highest BCUT2D eigenvalue weighted by atomic mass is 79.9.